The van der Waals surface area contributed by atoms with Crippen molar-refractivity contribution in [1.29, 1.82) is 0 Å². The highest BCUT2D eigenvalue weighted by Crippen LogP contribution is 2.35. The molecule has 0 atom stereocenters. The molecule has 5 aromatic carbocycles. The Bertz CT molecular complexity index is 1880. The fraction of sp³-hybridized carbons (Fsp3) is 0. The summed E-state index contributed by atoms with van der Waals surface area (Å²) in [7, 11) is 0. The van der Waals surface area contributed by atoms with Gasteiger partial charge in [-0.1, -0.05) is 84.9 Å². The number of nitrogens with zero attached hydrogens (tertiary/aromatic N) is 3. The van der Waals surface area contributed by atoms with Gasteiger partial charge in [-0.05, 0) is 48.0 Å². The first kappa shape index (κ1) is 21.0. The van der Waals surface area contributed by atoms with Crippen molar-refractivity contribution < 1.29 is 0 Å². The number of fused-ring (bicyclic) bond motifs is 6. The number of pyridine rings is 1. The number of aromatic nitrogens is 3. The molecule has 3 nitrogen and oxygen atoms in total. The highest BCUT2D eigenvalue weighted by atomic mass is 15.0. The van der Waals surface area contributed by atoms with Gasteiger partial charge in [-0.2, -0.15) is 0 Å². The summed E-state index contributed by atoms with van der Waals surface area (Å²) in [6.45, 7) is 0. The van der Waals surface area contributed by atoms with Crippen molar-refractivity contribution in [3.8, 4) is 22.5 Å². The summed E-state index contributed by atoms with van der Waals surface area (Å²) in [5.41, 5.74) is 9.22. The lowest BCUT2D eigenvalue weighted by molar-refractivity contribution is 1.14. The second kappa shape index (κ2) is 8.19. The van der Waals surface area contributed by atoms with Gasteiger partial charge in [0.2, 0.25) is 0 Å². The van der Waals surface area contributed by atoms with Crippen LogP contribution in [0.25, 0.3) is 66.1 Å². The Labute approximate surface area is 219 Å². The third-order valence-corrected chi connectivity index (χ3v) is 7.58. The minimum absolute atomic E-state index is 1.06. The van der Waals surface area contributed by atoms with Crippen LogP contribution in [0.4, 0.5) is 0 Å². The summed E-state index contributed by atoms with van der Waals surface area (Å²) >= 11 is 0. The van der Waals surface area contributed by atoms with E-state index in [0.29, 0.717) is 0 Å². The number of hydrogen-bond donors (Lipinski definition) is 0. The Hall–Kier alpha value is -5.15. The minimum Gasteiger partial charge on any atom is -0.309 e. The maximum absolute atomic E-state index is 4.70. The maximum atomic E-state index is 4.70. The van der Waals surface area contributed by atoms with Gasteiger partial charge in [0.05, 0.1) is 34.0 Å². The number of para-hydroxylation sites is 4. The molecule has 38 heavy (non-hydrogen) atoms. The average molecular weight is 486 g/mol. The quantitative estimate of drug-likeness (QED) is 0.245. The molecule has 0 unspecified atom stereocenters. The Kier molecular flexibility index (Phi) is 4.52. The van der Waals surface area contributed by atoms with E-state index in [-0.39, 0.29) is 0 Å². The van der Waals surface area contributed by atoms with Gasteiger partial charge in [0.1, 0.15) is 0 Å². The largest absolute Gasteiger partial charge is 0.309 e. The normalized spacial score (nSPS) is 11.7. The molecule has 3 heterocycles. The van der Waals surface area contributed by atoms with Crippen molar-refractivity contribution in [2.24, 2.45) is 0 Å². The van der Waals surface area contributed by atoms with Crippen LogP contribution in [-0.2, 0) is 0 Å². The van der Waals surface area contributed by atoms with Crippen molar-refractivity contribution in [1.82, 2.24) is 14.1 Å². The second-order valence-corrected chi connectivity index (χ2v) is 9.72. The molecule has 0 bridgehead atoms. The fourth-order valence-corrected chi connectivity index (χ4v) is 5.93. The van der Waals surface area contributed by atoms with Gasteiger partial charge in [-0.25, -0.2) is 0 Å². The maximum Gasteiger partial charge on any atom is 0.0651 e. The van der Waals surface area contributed by atoms with Gasteiger partial charge in [0, 0.05) is 39.0 Å². The molecular weight excluding hydrogens is 462 g/mol. The zero-order chi connectivity index (χ0) is 25.1. The fourth-order valence-electron chi connectivity index (χ4n) is 5.93. The summed E-state index contributed by atoms with van der Waals surface area (Å²) < 4.78 is 4.68. The Morgan fingerprint density at radius 2 is 0.816 bits per heavy atom. The molecule has 8 rings (SSSR count). The van der Waals surface area contributed by atoms with Crippen LogP contribution in [0.15, 0.2) is 140 Å². The Morgan fingerprint density at radius 3 is 1.34 bits per heavy atom. The van der Waals surface area contributed by atoms with E-state index in [0.717, 1.165) is 22.5 Å². The molecule has 178 valence electrons. The minimum atomic E-state index is 1.06. The van der Waals surface area contributed by atoms with Gasteiger partial charge in [0.25, 0.3) is 0 Å². The van der Waals surface area contributed by atoms with Gasteiger partial charge >= 0.3 is 0 Å². The van der Waals surface area contributed by atoms with Crippen molar-refractivity contribution in [2.45, 2.75) is 0 Å². The highest BCUT2D eigenvalue weighted by molar-refractivity contribution is 6.10. The van der Waals surface area contributed by atoms with Crippen LogP contribution in [0.3, 0.4) is 0 Å². The third-order valence-electron chi connectivity index (χ3n) is 7.58. The van der Waals surface area contributed by atoms with Crippen LogP contribution in [0.2, 0.25) is 0 Å². The molecule has 0 aliphatic heterocycles. The molecule has 8 aromatic rings. The van der Waals surface area contributed by atoms with E-state index in [1.165, 1.54) is 43.6 Å². The molecule has 0 radical (unpaired) electrons. The van der Waals surface area contributed by atoms with E-state index in [1.54, 1.807) is 0 Å². The van der Waals surface area contributed by atoms with E-state index < -0.39 is 0 Å². The Morgan fingerprint density at radius 1 is 0.368 bits per heavy atom. The van der Waals surface area contributed by atoms with E-state index >= 15 is 0 Å². The predicted octanol–water partition coefficient (Wildman–Crippen LogP) is 8.94. The van der Waals surface area contributed by atoms with Crippen LogP contribution in [-0.4, -0.2) is 14.1 Å². The van der Waals surface area contributed by atoms with Crippen LogP contribution in [0.5, 0.6) is 0 Å². The van der Waals surface area contributed by atoms with Crippen molar-refractivity contribution in [3.05, 3.63) is 140 Å². The van der Waals surface area contributed by atoms with Gasteiger partial charge in [0.15, 0.2) is 0 Å². The molecule has 0 aliphatic rings. The van der Waals surface area contributed by atoms with Crippen LogP contribution < -0.4 is 0 Å². The van der Waals surface area contributed by atoms with E-state index in [1.807, 2.05) is 12.4 Å². The standard InChI is InChI=1S/C35H23N3/c1-5-16-32-28(12-1)29-13-2-6-17-33(29)37(32)26-11-9-10-24(20-26)25-21-27(23-36-22-25)38-34-18-7-3-14-30(34)31-15-4-8-19-35(31)38/h1-23H. The molecule has 0 amide bonds. The third kappa shape index (κ3) is 3.06. The second-order valence-electron chi connectivity index (χ2n) is 9.72. The van der Waals surface area contributed by atoms with Crippen LogP contribution in [0, 0.1) is 0 Å². The lowest BCUT2D eigenvalue weighted by atomic mass is 10.1. The molecule has 0 saturated carbocycles. The lowest BCUT2D eigenvalue weighted by Gasteiger charge is -2.12. The summed E-state index contributed by atoms with van der Waals surface area (Å²) in [4.78, 5) is 4.70. The molecule has 0 N–H and O–H groups in total. The van der Waals surface area contributed by atoms with Crippen LogP contribution in [0.1, 0.15) is 0 Å². The predicted molar refractivity (Wildman–Crippen MR) is 158 cm³/mol. The first-order valence-corrected chi connectivity index (χ1v) is 12.9. The summed E-state index contributed by atoms with van der Waals surface area (Å²) in [5.74, 6) is 0. The van der Waals surface area contributed by atoms with Gasteiger partial charge < -0.3 is 9.13 Å². The molecule has 0 aliphatic carbocycles. The molecular formula is C35H23N3. The first-order valence-electron chi connectivity index (χ1n) is 12.9. The molecule has 0 fully saturated rings. The number of rotatable bonds is 3. The molecule has 0 saturated heterocycles. The molecule has 3 heteroatoms. The number of hydrogen-bond acceptors (Lipinski definition) is 1. The highest BCUT2D eigenvalue weighted by Gasteiger charge is 2.14. The zero-order valence-electron chi connectivity index (χ0n) is 20.6. The van der Waals surface area contributed by atoms with Crippen molar-refractivity contribution >= 4 is 43.6 Å². The molecule has 0 spiro atoms. The Balaban J connectivity index is 1.32. The van der Waals surface area contributed by atoms with Gasteiger partial charge in [-0.15, -0.1) is 0 Å². The van der Waals surface area contributed by atoms with Crippen molar-refractivity contribution in [2.75, 3.05) is 0 Å². The van der Waals surface area contributed by atoms with E-state index in [4.69, 9.17) is 4.98 Å². The SMILES string of the molecule is c1cc(-c2cncc(-n3c4ccccc4c4ccccc43)c2)cc(-n2c3ccccc3c3ccccc32)c1. The van der Waals surface area contributed by atoms with Gasteiger partial charge in [-0.3, -0.25) is 4.98 Å². The van der Waals surface area contributed by atoms with E-state index in [2.05, 4.69) is 137 Å². The average Bonchev–Trinajstić information content (AvgIpc) is 3.51. The van der Waals surface area contributed by atoms with Crippen molar-refractivity contribution in [3.63, 3.8) is 0 Å². The topological polar surface area (TPSA) is 22.8 Å². The smallest absolute Gasteiger partial charge is 0.0651 e. The first-order chi connectivity index (χ1) is 18.9. The lowest BCUT2D eigenvalue weighted by Crippen LogP contribution is -1.96. The summed E-state index contributed by atoms with van der Waals surface area (Å²) in [5, 5.41) is 5.04. The summed E-state index contributed by atoms with van der Waals surface area (Å²) in [6, 6.07) is 45.4. The monoisotopic (exact) mass is 485 g/mol. The van der Waals surface area contributed by atoms with E-state index in [9.17, 15) is 0 Å². The zero-order valence-corrected chi connectivity index (χ0v) is 20.6. The number of benzene rings is 5. The van der Waals surface area contributed by atoms with Crippen LogP contribution >= 0.6 is 0 Å². The molecule has 3 aromatic heterocycles. The summed E-state index contributed by atoms with van der Waals surface area (Å²) in [6.07, 6.45) is 3.92.